The van der Waals surface area contributed by atoms with E-state index in [1.807, 2.05) is 19.1 Å². The third kappa shape index (κ3) is 4.32. The minimum absolute atomic E-state index is 0.0643. The summed E-state index contributed by atoms with van der Waals surface area (Å²) in [6.45, 7) is 2.33. The fourth-order valence-electron chi connectivity index (χ4n) is 1.70. The van der Waals surface area contributed by atoms with Crippen LogP contribution < -0.4 is 10.1 Å². The maximum Gasteiger partial charge on any atom is 0.258 e. The number of hydrogen-bond acceptors (Lipinski definition) is 4. The molecule has 5 nitrogen and oxygen atoms in total. The Balaban J connectivity index is 1.79. The van der Waals surface area contributed by atoms with Gasteiger partial charge in [0, 0.05) is 18.9 Å². The number of amides is 1. The molecule has 0 saturated carbocycles. The number of pyridine rings is 1. The molecule has 0 bridgehead atoms. The van der Waals surface area contributed by atoms with Gasteiger partial charge in [0.05, 0.1) is 11.6 Å². The minimum Gasteiger partial charge on any atom is -0.484 e. The van der Waals surface area contributed by atoms with Gasteiger partial charge in [-0.3, -0.25) is 9.78 Å². The zero-order chi connectivity index (χ0) is 15.1. The first-order chi connectivity index (χ1) is 10.2. The van der Waals surface area contributed by atoms with Crippen molar-refractivity contribution in [2.75, 3.05) is 6.61 Å². The number of rotatable bonds is 5. The van der Waals surface area contributed by atoms with E-state index in [0.717, 1.165) is 11.1 Å². The van der Waals surface area contributed by atoms with E-state index in [1.165, 1.54) is 0 Å². The van der Waals surface area contributed by atoms with E-state index in [-0.39, 0.29) is 12.5 Å². The summed E-state index contributed by atoms with van der Waals surface area (Å²) >= 11 is 0. The van der Waals surface area contributed by atoms with Gasteiger partial charge in [-0.05, 0) is 48.4 Å². The molecule has 0 aliphatic heterocycles. The number of hydrogen-bond donors (Lipinski definition) is 1. The highest BCUT2D eigenvalue weighted by Crippen LogP contribution is 2.11. The van der Waals surface area contributed by atoms with Gasteiger partial charge < -0.3 is 10.1 Å². The zero-order valence-corrected chi connectivity index (χ0v) is 11.7. The van der Waals surface area contributed by atoms with Crippen molar-refractivity contribution in [1.82, 2.24) is 10.3 Å². The lowest BCUT2D eigenvalue weighted by molar-refractivity contribution is -0.123. The molecule has 0 atom stereocenters. The summed E-state index contributed by atoms with van der Waals surface area (Å²) in [6.07, 6.45) is 3.45. The number of nitriles is 1. The molecule has 1 aromatic carbocycles. The number of aromatic nitrogens is 1. The summed E-state index contributed by atoms with van der Waals surface area (Å²) in [5.74, 6) is 0.351. The van der Waals surface area contributed by atoms with E-state index in [4.69, 9.17) is 10.00 Å². The number of nitrogens with one attached hydrogen (secondary N) is 1. The van der Waals surface area contributed by atoms with Crippen LogP contribution >= 0.6 is 0 Å². The first kappa shape index (κ1) is 14.5. The van der Waals surface area contributed by atoms with E-state index in [2.05, 4.69) is 10.3 Å². The summed E-state index contributed by atoms with van der Waals surface area (Å²) < 4.78 is 5.35. The number of carbonyl (C=O) groups is 1. The van der Waals surface area contributed by atoms with Crippen LogP contribution in [0.3, 0.4) is 0 Å². The third-order valence-corrected chi connectivity index (χ3v) is 2.98. The highest BCUT2D eigenvalue weighted by molar-refractivity contribution is 5.77. The molecule has 0 radical (unpaired) electrons. The van der Waals surface area contributed by atoms with Crippen LogP contribution in [0.4, 0.5) is 0 Å². The number of carbonyl (C=O) groups excluding carboxylic acids is 1. The Hall–Kier alpha value is -2.87. The zero-order valence-electron chi connectivity index (χ0n) is 11.7. The van der Waals surface area contributed by atoms with Gasteiger partial charge in [0.15, 0.2) is 6.61 Å². The minimum atomic E-state index is -0.206. The number of nitrogens with zero attached hydrogens (tertiary/aromatic N) is 2. The molecule has 5 heteroatoms. The van der Waals surface area contributed by atoms with E-state index in [9.17, 15) is 4.79 Å². The summed E-state index contributed by atoms with van der Waals surface area (Å²) in [4.78, 5) is 15.7. The molecule has 0 saturated heterocycles. The fraction of sp³-hybridized carbons (Fsp3) is 0.188. The van der Waals surface area contributed by atoms with Crippen molar-refractivity contribution in [3.63, 3.8) is 0 Å². The monoisotopic (exact) mass is 281 g/mol. The van der Waals surface area contributed by atoms with Crippen molar-refractivity contribution in [2.24, 2.45) is 0 Å². The molecule has 0 aliphatic carbocycles. The van der Waals surface area contributed by atoms with Crippen LogP contribution in [0.5, 0.6) is 5.75 Å². The van der Waals surface area contributed by atoms with Gasteiger partial charge in [0.1, 0.15) is 5.75 Å². The molecular formula is C16H15N3O2. The van der Waals surface area contributed by atoms with Gasteiger partial charge in [-0.1, -0.05) is 0 Å². The highest BCUT2D eigenvalue weighted by atomic mass is 16.5. The molecule has 106 valence electrons. The second kappa shape index (κ2) is 7.06. The van der Waals surface area contributed by atoms with Crippen molar-refractivity contribution in [1.29, 1.82) is 5.26 Å². The Bertz CT molecular complexity index is 660. The van der Waals surface area contributed by atoms with E-state index < -0.39 is 0 Å². The van der Waals surface area contributed by atoms with Crippen LogP contribution in [-0.2, 0) is 11.3 Å². The molecule has 0 aliphatic rings. The topological polar surface area (TPSA) is 75.0 Å². The Labute approximate surface area is 123 Å². The second-order valence-corrected chi connectivity index (χ2v) is 4.50. The molecule has 0 fully saturated rings. The van der Waals surface area contributed by atoms with Crippen LogP contribution in [0.2, 0.25) is 0 Å². The Kier molecular flexibility index (Phi) is 4.89. The van der Waals surface area contributed by atoms with Crippen LogP contribution in [0.25, 0.3) is 0 Å². The normalized spacial score (nSPS) is 9.71. The van der Waals surface area contributed by atoms with Gasteiger partial charge >= 0.3 is 0 Å². The molecule has 1 heterocycles. The summed E-state index contributed by atoms with van der Waals surface area (Å²) in [7, 11) is 0. The number of aryl methyl sites for hydroxylation is 1. The van der Waals surface area contributed by atoms with E-state index in [1.54, 1.807) is 36.7 Å². The third-order valence-electron chi connectivity index (χ3n) is 2.98. The maximum atomic E-state index is 11.7. The average molecular weight is 281 g/mol. The Morgan fingerprint density at radius 1 is 1.33 bits per heavy atom. The summed E-state index contributed by atoms with van der Waals surface area (Å²) in [6, 6.07) is 10.5. The molecule has 2 rings (SSSR count). The lowest BCUT2D eigenvalue weighted by Gasteiger charge is -2.08. The molecule has 2 aromatic rings. The largest absolute Gasteiger partial charge is 0.484 e. The second-order valence-electron chi connectivity index (χ2n) is 4.50. The van der Waals surface area contributed by atoms with E-state index in [0.29, 0.717) is 17.9 Å². The van der Waals surface area contributed by atoms with Crippen molar-refractivity contribution in [3.8, 4) is 11.8 Å². The predicted molar refractivity (Wildman–Crippen MR) is 77.5 cm³/mol. The smallest absolute Gasteiger partial charge is 0.258 e. The van der Waals surface area contributed by atoms with Crippen molar-refractivity contribution in [3.05, 3.63) is 59.4 Å². The van der Waals surface area contributed by atoms with Gasteiger partial charge in [0.2, 0.25) is 0 Å². The van der Waals surface area contributed by atoms with E-state index >= 15 is 0 Å². The molecule has 1 aromatic heterocycles. The van der Waals surface area contributed by atoms with Crippen LogP contribution in [0.1, 0.15) is 16.7 Å². The average Bonchev–Trinajstić information content (AvgIpc) is 2.52. The maximum absolute atomic E-state index is 11.7. The van der Waals surface area contributed by atoms with Crippen LogP contribution in [0.15, 0.2) is 42.7 Å². The SMILES string of the molecule is Cc1ccncc1CNC(=O)COc1ccc(C#N)cc1. The van der Waals surface area contributed by atoms with Gasteiger partial charge in [0.25, 0.3) is 5.91 Å². The quantitative estimate of drug-likeness (QED) is 0.909. The summed E-state index contributed by atoms with van der Waals surface area (Å²) in [5.41, 5.74) is 2.61. The molecule has 0 spiro atoms. The van der Waals surface area contributed by atoms with Crippen molar-refractivity contribution < 1.29 is 9.53 Å². The van der Waals surface area contributed by atoms with Crippen LogP contribution in [-0.4, -0.2) is 17.5 Å². The van der Waals surface area contributed by atoms with Crippen molar-refractivity contribution in [2.45, 2.75) is 13.5 Å². The standard InChI is InChI=1S/C16H15N3O2/c1-12-6-7-18-9-14(12)10-19-16(20)11-21-15-4-2-13(8-17)3-5-15/h2-7,9H,10-11H2,1H3,(H,19,20). The van der Waals surface area contributed by atoms with Gasteiger partial charge in [-0.25, -0.2) is 0 Å². The predicted octanol–water partition coefficient (Wildman–Crippen LogP) is 1.96. The summed E-state index contributed by atoms with van der Waals surface area (Å²) in [5, 5.41) is 11.5. The van der Waals surface area contributed by atoms with Gasteiger partial charge in [-0.15, -0.1) is 0 Å². The molecule has 0 unspecified atom stereocenters. The van der Waals surface area contributed by atoms with Crippen molar-refractivity contribution >= 4 is 5.91 Å². The Morgan fingerprint density at radius 3 is 2.76 bits per heavy atom. The highest BCUT2D eigenvalue weighted by Gasteiger charge is 2.04. The van der Waals surface area contributed by atoms with Gasteiger partial charge in [-0.2, -0.15) is 5.26 Å². The number of benzene rings is 1. The molecular weight excluding hydrogens is 266 g/mol. The fourth-order valence-corrected chi connectivity index (χ4v) is 1.70. The first-order valence-electron chi connectivity index (χ1n) is 6.48. The first-order valence-corrected chi connectivity index (χ1v) is 6.48. The Morgan fingerprint density at radius 2 is 2.10 bits per heavy atom. The molecule has 1 N–H and O–H groups in total. The molecule has 1 amide bonds. The number of ether oxygens (including phenoxy) is 1. The lowest BCUT2D eigenvalue weighted by Crippen LogP contribution is -2.28. The molecule has 21 heavy (non-hydrogen) atoms. The lowest BCUT2D eigenvalue weighted by atomic mass is 10.1. The van der Waals surface area contributed by atoms with Crippen LogP contribution in [0, 0.1) is 18.3 Å².